The van der Waals surface area contributed by atoms with Crippen LogP contribution in [0.3, 0.4) is 0 Å². The molecule has 0 atom stereocenters. The quantitative estimate of drug-likeness (QED) is 0.241. The number of pyridine rings is 1. The smallest absolute Gasteiger partial charge is 0.326 e. The minimum atomic E-state index is -0.670. The minimum absolute atomic E-state index is 0.126. The third kappa shape index (κ3) is 5.86. The Morgan fingerprint density at radius 2 is 2.00 bits per heavy atom. The van der Waals surface area contributed by atoms with Gasteiger partial charge in [0, 0.05) is 12.1 Å². The summed E-state index contributed by atoms with van der Waals surface area (Å²) in [6.07, 6.45) is 2.21. The number of imide groups is 1. The summed E-state index contributed by atoms with van der Waals surface area (Å²) in [5.41, 5.74) is 0.377. The van der Waals surface area contributed by atoms with E-state index in [0.717, 1.165) is 11.1 Å². The van der Waals surface area contributed by atoms with Crippen LogP contribution in [0.25, 0.3) is 6.08 Å². The van der Waals surface area contributed by atoms with E-state index in [0.29, 0.717) is 28.8 Å². The van der Waals surface area contributed by atoms with E-state index in [1.807, 2.05) is 0 Å². The summed E-state index contributed by atoms with van der Waals surface area (Å²) in [7, 11) is 1.42. The molecule has 1 aromatic carbocycles. The van der Waals surface area contributed by atoms with Gasteiger partial charge in [0.05, 0.1) is 23.0 Å². The second kappa shape index (κ2) is 10.1. The van der Waals surface area contributed by atoms with Crippen LogP contribution < -0.4 is 9.47 Å². The number of nitrogens with zero attached hydrogens (tertiary/aromatic N) is 3. The molecule has 0 spiro atoms. The van der Waals surface area contributed by atoms with Crippen molar-refractivity contribution in [3.05, 3.63) is 57.1 Å². The minimum Gasteiger partial charge on any atom is -0.493 e. The lowest BCUT2D eigenvalue weighted by molar-refractivity contribution is -0.385. The number of benzene rings is 1. The van der Waals surface area contributed by atoms with Crippen molar-refractivity contribution in [2.45, 2.75) is 20.0 Å². The Balaban J connectivity index is 1.76. The molecule has 0 radical (unpaired) electrons. The number of amides is 2. The molecule has 0 N–H and O–H groups in total. The summed E-state index contributed by atoms with van der Waals surface area (Å²) in [5, 5.41) is 10.2. The first-order valence-electron chi connectivity index (χ1n) is 9.59. The molecule has 33 heavy (non-hydrogen) atoms. The number of rotatable bonds is 8. The monoisotopic (exact) mass is 473 g/mol. The lowest BCUT2D eigenvalue weighted by Gasteiger charge is -2.13. The predicted molar refractivity (Wildman–Crippen MR) is 118 cm³/mol. The largest absolute Gasteiger partial charge is 0.493 e. The number of nitro groups is 1. The molecule has 1 aliphatic rings. The van der Waals surface area contributed by atoms with E-state index in [4.69, 9.17) is 14.2 Å². The molecule has 0 unspecified atom stereocenters. The van der Waals surface area contributed by atoms with Crippen molar-refractivity contribution in [2.24, 2.45) is 0 Å². The van der Waals surface area contributed by atoms with Gasteiger partial charge in [0.25, 0.3) is 16.8 Å². The first-order valence-corrected chi connectivity index (χ1v) is 10.4. The highest BCUT2D eigenvalue weighted by atomic mass is 32.2. The molecule has 1 aliphatic heterocycles. The average Bonchev–Trinajstić information content (AvgIpc) is 3.01. The normalized spacial score (nSPS) is 14.7. The molecule has 0 aliphatic carbocycles. The highest BCUT2D eigenvalue weighted by Crippen LogP contribution is 2.35. The Hall–Kier alpha value is -3.93. The van der Waals surface area contributed by atoms with Crippen LogP contribution in [-0.2, 0) is 14.3 Å². The van der Waals surface area contributed by atoms with Gasteiger partial charge in [0.15, 0.2) is 11.5 Å². The maximum Gasteiger partial charge on any atom is 0.326 e. The molecule has 2 amide bonds. The van der Waals surface area contributed by atoms with E-state index in [2.05, 4.69) is 4.98 Å². The summed E-state index contributed by atoms with van der Waals surface area (Å²) in [6.45, 7) is 2.88. The molecule has 2 aromatic rings. The second-order valence-corrected chi connectivity index (χ2v) is 7.92. The van der Waals surface area contributed by atoms with Crippen LogP contribution in [0, 0.1) is 10.1 Å². The Labute approximate surface area is 192 Å². The molecular formula is C21H19N3O8S. The lowest BCUT2D eigenvalue weighted by Crippen LogP contribution is -2.35. The summed E-state index contributed by atoms with van der Waals surface area (Å²) < 4.78 is 15.9. The first-order chi connectivity index (χ1) is 15.7. The molecule has 12 heteroatoms. The van der Waals surface area contributed by atoms with Gasteiger partial charge in [0.2, 0.25) is 5.88 Å². The zero-order valence-electron chi connectivity index (χ0n) is 17.8. The van der Waals surface area contributed by atoms with Gasteiger partial charge in [-0.1, -0.05) is 6.07 Å². The van der Waals surface area contributed by atoms with E-state index in [9.17, 15) is 24.5 Å². The average molecular weight is 473 g/mol. The third-order valence-corrected chi connectivity index (χ3v) is 5.07. The third-order valence-electron chi connectivity index (χ3n) is 4.16. The molecule has 1 saturated heterocycles. The van der Waals surface area contributed by atoms with Crippen LogP contribution in [0.5, 0.6) is 17.4 Å². The van der Waals surface area contributed by atoms with Gasteiger partial charge >= 0.3 is 5.97 Å². The number of hydrogen-bond donors (Lipinski definition) is 0. The summed E-state index contributed by atoms with van der Waals surface area (Å²) >= 11 is 0.715. The van der Waals surface area contributed by atoms with Crippen molar-refractivity contribution < 1.29 is 33.5 Å². The van der Waals surface area contributed by atoms with Crippen LogP contribution in [-0.4, -0.2) is 51.7 Å². The van der Waals surface area contributed by atoms with Gasteiger partial charge < -0.3 is 14.2 Å². The van der Waals surface area contributed by atoms with Crippen molar-refractivity contribution in [1.82, 2.24) is 9.88 Å². The Morgan fingerprint density at radius 3 is 2.61 bits per heavy atom. The molecular weight excluding hydrogens is 454 g/mol. The number of carbonyl (C=O) groups excluding carboxylic acids is 3. The van der Waals surface area contributed by atoms with Crippen LogP contribution in [0.4, 0.5) is 10.5 Å². The number of thioether (sulfide) groups is 1. The molecule has 1 fully saturated rings. The second-order valence-electron chi connectivity index (χ2n) is 6.93. The van der Waals surface area contributed by atoms with Gasteiger partial charge in [-0.25, -0.2) is 4.98 Å². The topological polar surface area (TPSA) is 138 Å². The Morgan fingerprint density at radius 1 is 1.24 bits per heavy atom. The first kappa shape index (κ1) is 23.7. The highest BCUT2D eigenvalue weighted by Gasteiger charge is 2.36. The predicted octanol–water partition coefficient (Wildman–Crippen LogP) is 3.78. The van der Waals surface area contributed by atoms with Gasteiger partial charge in [-0.2, -0.15) is 0 Å². The van der Waals surface area contributed by atoms with Gasteiger partial charge in [-0.05, 0) is 49.4 Å². The standard InChI is InChI=1S/C21H19N3O8S/c1-12(2)31-19(25)11-23-20(26)17(33-21(23)27)9-13-4-6-15(16(8-13)30-3)32-18-7-5-14(10-22-18)24(28)29/h4-10,12H,11H2,1-3H3/b17-9+. The number of methoxy groups -OCH3 is 1. The number of ether oxygens (including phenoxy) is 3. The number of aromatic nitrogens is 1. The van der Waals surface area contributed by atoms with Crippen molar-refractivity contribution >= 4 is 40.6 Å². The SMILES string of the molecule is COc1cc(/C=C2/SC(=O)N(CC(=O)OC(C)C)C2=O)ccc1Oc1ccc([N+](=O)[O-])cn1. The van der Waals surface area contributed by atoms with Crippen molar-refractivity contribution in [1.29, 1.82) is 0 Å². The van der Waals surface area contributed by atoms with E-state index in [-0.39, 0.29) is 22.6 Å². The number of hydrogen-bond acceptors (Lipinski definition) is 10. The van der Waals surface area contributed by atoms with Gasteiger partial charge in [-0.15, -0.1) is 0 Å². The summed E-state index contributed by atoms with van der Waals surface area (Å²) in [4.78, 5) is 51.6. The summed E-state index contributed by atoms with van der Waals surface area (Å²) in [5.74, 6) is -0.540. The Kier molecular flexibility index (Phi) is 7.28. The molecule has 11 nitrogen and oxygen atoms in total. The fraction of sp³-hybridized carbons (Fsp3) is 0.238. The Bertz CT molecular complexity index is 1130. The van der Waals surface area contributed by atoms with Crippen LogP contribution in [0.15, 0.2) is 41.4 Å². The van der Waals surface area contributed by atoms with Crippen LogP contribution in [0.2, 0.25) is 0 Å². The van der Waals surface area contributed by atoms with Crippen LogP contribution in [0.1, 0.15) is 19.4 Å². The van der Waals surface area contributed by atoms with E-state index in [1.54, 1.807) is 32.0 Å². The van der Waals surface area contributed by atoms with E-state index in [1.165, 1.54) is 25.3 Å². The fourth-order valence-corrected chi connectivity index (χ4v) is 3.57. The maximum absolute atomic E-state index is 12.6. The lowest BCUT2D eigenvalue weighted by atomic mass is 10.2. The molecule has 1 aromatic heterocycles. The molecule has 0 saturated carbocycles. The molecule has 2 heterocycles. The van der Waals surface area contributed by atoms with Crippen molar-refractivity contribution in [3.63, 3.8) is 0 Å². The van der Waals surface area contributed by atoms with Gasteiger partial charge in [-0.3, -0.25) is 29.4 Å². The summed E-state index contributed by atoms with van der Waals surface area (Å²) in [6, 6.07) is 7.39. The number of esters is 1. The zero-order valence-corrected chi connectivity index (χ0v) is 18.7. The van der Waals surface area contributed by atoms with Gasteiger partial charge in [0.1, 0.15) is 12.7 Å². The molecule has 172 valence electrons. The van der Waals surface area contributed by atoms with Crippen LogP contribution >= 0.6 is 11.8 Å². The van der Waals surface area contributed by atoms with E-state index >= 15 is 0 Å². The van der Waals surface area contributed by atoms with E-state index < -0.39 is 28.6 Å². The molecule has 0 bridgehead atoms. The fourth-order valence-electron chi connectivity index (χ4n) is 2.73. The number of carbonyl (C=O) groups is 3. The maximum atomic E-state index is 12.6. The molecule has 3 rings (SSSR count). The highest BCUT2D eigenvalue weighted by molar-refractivity contribution is 8.18. The zero-order chi connectivity index (χ0) is 24.1. The van der Waals surface area contributed by atoms with Crippen molar-refractivity contribution in [3.8, 4) is 17.4 Å². The van der Waals surface area contributed by atoms with Crippen molar-refractivity contribution in [2.75, 3.05) is 13.7 Å².